The Morgan fingerprint density at radius 1 is 1.35 bits per heavy atom. The molecule has 1 amide bonds. The fourth-order valence-corrected chi connectivity index (χ4v) is 4.06. The fourth-order valence-electron chi connectivity index (χ4n) is 3.07. The summed E-state index contributed by atoms with van der Waals surface area (Å²) in [5, 5.41) is 11.5. The first-order valence-corrected chi connectivity index (χ1v) is 9.29. The van der Waals surface area contributed by atoms with E-state index in [0.29, 0.717) is 6.54 Å². The van der Waals surface area contributed by atoms with Crippen LogP contribution in [-0.2, 0) is 25.9 Å². The van der Waals surface area contributed by atoms with E-state index in [4.69, 9.17) is 0 Å². The summed E-state index contributed by atoms with van der Waals surface area (Å²) in [4.78, 5) is 14.4. The highest BCUT2D eigenvalue weighted by atomic mass is 32.1. The number of aryl methyl sites for hydroxylation is 3. The predicted octanol–water partition coefficient (Wildman–Crippen LogP) is 3.26. The van der Waals surface area contributed by atoms with Crippen molar-refractivity contribution in [3.8, 4) is 0 Å². The third-order valence-corrected chi connectivity index (χ3v) is 5.45. The molecule has 0 aliphatic carbocycles. The summed E-state index contributed by atoms with van der Waals surface area (Å²) in [6, 6.07) is 2.03. The monoisotopic (exact) mass is 332 g/mol. The molecule has 1 aliphatic rings. The van der Waals surface area contributed by atoms with Crippen LogP contribution >= 0.6 is 11.3 Å². The first-order valence-electron chi connectivity index (χ1n) is 8.47. The van der Waals surface area contributed by atoms with Crippen molar-refractivity contribution < 1.29 is 4.79 Å². The van der Waals surface area contributed by atoms with Crippen LogP contribution in [0.25, 0.3) is 0 Å². The average Bonchev–Trinajstić information content (AvgIpc) is 3.01. The molecular weight excluding hydrogens is 308 g/mol. The summed E-state index contributed by atoms with van der Waals surface area (Å²) in [5.41, 5.74) is 1.29. The lowest BCUT2D eigenvalue weighted by molar-refractivity contribution is 0.0953. The van der Waals surface area contributed by atoms with Crippen molar-refractivity contribution in [3.05, 3.63) is 33.0 Å². The van der Waals surface area contributed by atoms with E-state index < -0.39 is 0 Å². The molecule has 2 aromatic rings. The molecule has 1 N–H and O–H groups in total. The number of rotatable bonds is 5. The van der Waals surface area contributed by atoms with Crippen molar-refractivity contribution in [3.63, 3.8) is 0 Å². The molecule has 0 radical (unpaired) electrons. The van der Waals surface area contributed by atoms with Gasteiger partial charge in [0.05, 0.1) is 11.4 Å². The summed E-state index contributed by atoms with van der Waals surface area (Å²) >= 11 is 1.58. The normalized spacial score (nSPS) is 14.3. The summed E-state index contributed by atoms with van der Waals surface area (Å²) in [6.45, 7) is 5.66. The minimum Gasteiger partial charge on any atom is -0.344 e. The Morgan fingerprint density at radius 3 is 3.04 bits per heavy atom. The molecule has 0 spiro atoms. The maximum Gasteiger partial charge on any atom is 0.261 e. The van der Waals surface area contributed by atoms with E-state index >= 15 is 0 Å². The number of carbonyl (C=O) groups excluding carboxylic acids is 1. The van der Waals surface area contributed by atoms with Crippen LogP contribution in [0.2, 0.25) is 0 Å². The van der Waals surface area contributed by atoms with Crippen LogP contribution < -0.4 is 5.32 Å². The lowest BCUT2D eigenvalue weighted by atomic mass is 10.1. The van der Waals surface area contributed by atoms with Gasteiger partial charge in [-0.15, -0.1) is 21.5 Å². The molecule has 23 heavy (non-hydrogen) atoms. The maximum absolute atomic E-state index is 12.4. The second-order valence-electron chi connectivity index (χ2n) is 6.12. The summed E-state index contributed by atoms with van der Waals surface area (Å²) in [6.07, 6.45) is 6.71. The molecular formula is C17H24N4OS. The molecule has 1 aliphatic heterocycles. The van der Waals surface area contributed by atoms with Crippen molar-refractivity contribution in [2.75, 3.05) is 0 Å². The van der Waals surface area contributed by atoms with E-state index in [1.165, 1.54) is 23.3 Å². The van der Waals surface area contributed by atoms with Crippen LogP contribution in [0.3, 0.4) is 0 Å². The number of carbonyl (C=O) groups is 1. The van der Waals surface area contributed by atoms with Gasteiger partial charge in [0.15, 0.2) is 5.82 Å². The summed E-state index contributed by atoms with van der Waals surface area (Å²) < 4.78 is 2.18. The Kier molecular flexibility index (Phi) is 5.10. The highest BCUT2D eigenvalue weighted by Crippen LogP contribution is 2.23. The lowest BCUT2D eigenvalue weighted by Crippen LogP contribution is -2.24. The van der Waals surface area contributed by atoms with E-state index in [1.54, 1.807) is 11.3 Å². The van der Waals surface area contributed by atoms with Crippen molar-refractivity contribution in [2.45, 2.75) is 65.5 Å². The largest absolute Gasteiger partial charge is 0.344 e. The number of hydrogen-bond donors (Lipinski definition) is 1. The van der Waals surface area contributed by atoms with E-state index in [9.17, 15) is 4.79 Å². The third kappa shape index (κ3) is 3.63. The number of amides is 1. The Morgan fingerprint density at radius 2 is 2.22 bits per heavy atom. The van der Waals surface area contributed by atoms with Gasteiger partial charge in [0.1, 0.15) is 5.82 Å². The molecule has 0 unspecified atom stereocenters. The number of nitrogens with one attached hydrogen (secondary N) is 1. The third-order valence-electron chi connectivity index (χ3n) is 4.36. The molecule has 3 heterocycles. The van der Waals surface area contributed by atoms with E-state index in [1.807, 2.05) is 6.07 Å². The fraction of sp³-hybridized carbons (Fsp3) is 0.588. The number of thiophene rings is 1. The van der Waals surface area contributed by atoms with Crippen LogP contribution in [0.5, 0.6) is 0 Å². The Hall–Kier alpha value is -1.69. The van der Waals surface area contributed by atoms with Gasteiger partial charge in [0.2, 0.25) is 0 Å². The molecule has 0 saturated heterocycles. The van der Waals surface area contributed by atoms with E-state index in [2.05, 4.69) is 33.9 Å². The van der Waals surface area contributed by atoms with Crippen molar-refractivity contribution in [1.82, 2.24) is 20.1 Å². The summed E-state index contributed by atoms with van der Waals surface area (Å²) in [5.74, 6) is 1.92. The van der Waals surface area contributed by atoms with Gasteiger partial charge in [-0.05, 0) is 37.8 Å². The molecule has 5 nitrogen and oxygen atoms in total. The molecule has 124 valence electrons. The molecule has 0 aromatic carbocycles. The van der Waals surface area contributed by atoms with Crippen LogP contribution in [0.1, 0.15) is 64.4 Å². The van der Waals surface area contributed by atoms with Crippen LogP contribution in [-0.4, -0.2) is 20.7 Å². The SMILES string of the molecule is CCCc1cc(C(=O)NCc2nnc3n2CCCCC3)sc1C. The van der Waals surface area contributed by atoms with Crippen LogP contribution in [0.4, 0.5) is 0 Å². The zero-order valence-corrected chi connectivity index (χ0v) is 14.7. The molecule has 0 fully saturated rings. The van der Waals surface area contributed by atoms with Crippen LogP contribution in [0, 0.1) is 6.92 Å². The second-order valence-corrected chi connectivity index (χ2v) is 7.38. The smallest absolute Gasteiger partial charge is 0.261 e. The van der Waals surface area contributed by atoms with Crippen molar-refractivity contribution in [1.29, 1.82) is 0 Å². The first-order chi connectivity index (χ1) is 11.2. The minimum absolute atomic E-state index is 0.00794. The van der Waals surface area contributed by atoms with E-state index in [0.717, 1.165) is 48.8 Å². The summed E-state index contributed by atoms with van der Waals surface area (Å²) in [7, 11) is 0. The maximum atomic E-state index is 12.4. The Balaban J connectivity index is 1.65. The number of nitrogens with zero attached hydrogens (tertiary/aromatic N) is 3. The highest BCUT2D eigenvalue weighted by molar-refractivity contribution is 7.14. The molecule has 0 bridgehead atoms. The predicted molar refractivity (Wildman–Crippen MR) is 91.8 cm³/mol. The molecule has 6 heteroatoms. The lowest BCUT2D eigenvalue weighted by Gasteiger charge is -2.07. The van der Waals surface area contributed by atoms with E-state index in [-0.39, 0.29) is 5.91 Å². The minimum atomic E-state index is -0.00794. The van der Waals surface area contributed by atoms with Gasteiger partial charge in [-0.25, -0.2) is 0 Å². The number of fused-ring (bicyclic) bond motifs is 1. The second kappa shape index (κ2) is 7.25. The Labute approximate surface area is 141 Å². The van der Waals surface area contributed by atoms with Crippen molar-refractivity contribution in [2.24, 2.45) is 0 Å². The molecule has 0 atom stereocenters. The molecule has 3 rings (SSSR count). The molecule has 0 saturated carbocycles. The standard InChI is InChI=1S/C17H24N4OS/c1-3-7-13-10-14(23-12(13)2)17(22)18-11-16-20-19-15-8-5-4-6-9-21(15)16/h10H,3-9,11H2,1-2H3,(H,18,22). The average molecular weight is 332 g/mol. The first kappa shape index (κ1) is 16.2. The van der Waals surface area contributed by atoms with Crippen LogP contribution in [0.15, 0.2) is 6.07 Å². The highest BCUT2D eigenvalue weighted by Gasteiger charge is 2.16. The quantitative estimate of drug-likeness (QED) is 0.914. The Bertz CT molecular complexity index is 689. The van der Waals surface area contributed by atoms with Gasteiger partial charge in [0.25, 0.3) is 5.91 Å². The van der Waals surface area contributed by atoms with Gasteiger partial charge in [-0.3, -0.25) is 4.79 Å². The van der Waals surface area contributed by atoms with Crippen molar-refractivity contribution >= 4 is 17.2 Å². The zero-order chi connectivity index (χ0) is 16.2. The molecule has 2 aromatic heterocycles. The number of hydrogen-bond acceptors (Lipinski definition) is 4. The van der Waals surface area contributed by atoms with Gasteiger partial charge >= 0.3 is 0 Å². The van der Waals surface area contributed by atoms with Gasteiger partial charge in [-0.2, -0.15) is 0 Å². The number of aromatic nitrogens is 3. The van der Waals surface area contributed by atoms with Gasteiger partial charge in [-0.1, -0.05) is 19.8 Å². The topological polar surface area (TPSA) is 59.8 Å². The van der Waals surface area contributed by atoms with Gasteiger partial charge in [0, 0.05) is 17.8 Å². The van der Waals surface area contributed by atoms with Gasteiger partial charge < -0.3 is 9.88 Å². The zero-order valence-electron chi connectivity index (χ0n) is 13.9.